The molecule has 3 heterocycles. The molecule has 2 aromatic carbocycles. The highest BCUT2D eigenvalue weighted by atomic mass is 16.7. The first-order valence-corrected chi connectivity index (χ1v) is 10.9. The Morgan fingerprint density at radius 3 is 2.47 bits per heavy atom. The third-order valence-corrected chi connectivity index (χ3v) is 5.92. The highest BCUT2D eigenvalue weighted by Crippen LogP contribution is 2.46. The summed E-state index contributed by atoms with van der Waals surface area (Å²) in [5.74, 6) is 0. The Balaban J connectivity index is 1.42. The van der Waals surface area contributed by atoms with Crippen LogP contribution in [0.15, 0.2) is 82.8 Å². The highest BCUT2D eigenvalue weighted by molar-refractivity contribution is 5.19. The van der Waals surface area contributed by atoms with E-state index in [2.05, 4.69) is 15.0 Å². The number of aromatic nitrogens is 2. The molecule has 10 nitrogen and oxygen atoms in total. The Morgan fingerprint density at radius 2 is 1.76 bits per heavy atom. The van der Waals surface area contributed by atoms with E-state index in [0.717, 1.165) is 11.1 Å². The van der Waals surface area contributed by atoms with Crippen molar-refractivity contribution >= 4 is 0 Å². The average Bonchev–Trinajstić information content (AvgIpc) is 3.32. The van der Waals surface area contributed by atoms with E-state index in [4.69, 9.17) is 24.5 Å². The summed E-state index contributed by atoms with van der Waals surface area (Å²) in [5, 5.41) is 3.78. The Hall–Kier alpha value is -3.69. The monoisotopic (exact) mass is 461 g/mol. The molecule has 5 rings (SSSR count). The molecule has 174 valence electrons. The van der Waals surface area contributed by atoms with Crippen LogP contribution < -0.4 is 10.3 Å². The number of nitrogens with zero attached hydrogens (tertiary/aromatic N) is 5. The van der Waals surface area contributed by atoms with Crippen LogP contribution in [-0.4, -0.2) is 41.0 Å². The van der Waals surface area contributed by atoms with Crippen molar-refractivity contribution in [2.24, 2.45) is 5.11 Å². The summed E-state index contributed by atoms with van der Waals surface area (Å²) in [6, 6.07) is 21.0. The fourth-order valence-electron chi connectivity index (χ4n) is 4.37. The number of fused-ring (bicyclic) bond motifs is 3. The number of hydrogen-bond donors (Lipinski definition) is 0. The minimum absolute atomic E-state index is 0.0634. The summed E-state index contributed by atoms with van der Waals surface area (Å²) in [4.78, 5) is 18.7. The van der Waals surface area contributed by atoms with Crippen LogP contribution in [0.1, 0.15) is 11.1 Å². The standard InChI is InChI=1S/C24H23N5O5/c25-28-26-16-24-22(33-23-27-20(30)11-12-29(23)24)21(32-14-18-9-5-2-6-10-18)19(34-24)15-31-13-17-7-3-1-4-8-17/h1-12,19,21-22H,13-16H2/t19-,21-,22+,24-/m1/s1. The van der Waals surface area contributed by atoms with Gasteiger partial charge in [-0.15, -0.1) is 0 Å². The fraction of sp³-hybridized carbons (Fsp3) is 0.333. The van der Waals surface area contributed by atoms with Gasteiger partial charge in [-0.2, -0.15) is 4.98 Å². The predicted octanol–water partition coefficient (Wildman–Crippen LogP) is 3.17. The fourth-order valence-corrected chi connectivity index (χ4v) is 4.37. The molecule has 0 bridgehead atoms. The molecule has 0 saturated carbocycles. The van der Waals surface area contributed by atoms with E-state index in [1.807, 2.05) is 60.7 Å². The van der Waals surface area contributed by atoms with Gasteiger partial charge in [0.25, 0.3) is 5.56 Å². The van der Waals surface area contributed by atoms with Crippen LogP contribution in [0.5, 0.6) is 6.01 Å². The van der Waals surface area contributed by atoms with Crippen molar-refractivity contribution in [3.63, 3.8) is 0 Å². The Morgan fingerprint density at radius 1 is 1.06 bits per heavy atom. The average molecular weight is 461 g/mol. The van der Waals surface area contributed by atoms with Crippen LogP contribution >= 0.6 is 0 Å². The van der Waals surface area contributed by atoms with Gasteiger partial charge in [0.2, 0.25) is 0 Å². The van der Waals surface area contributed by atoms with Gasteiger partial charge in [0.05, 0.1) is 26.4 Å². The van der Waals surface area contributed by atoms with Crippen molar-refractivity contribution in [3.8, 4) is 6.01 Å². The topological polar surface area (TPSA) is 121 Å². The molecule has 4 atom stereocenters. The number of rotatable bonds is 9. The molecule has 2 aliphatic rings. The van der Waals surface area contributed by atoms with E-state index in [9.17, 15) is 4.79 Å². The minimum Gasteiger partial charge on any atom is -0.453 e. The van der Waals surface area contributed by atoms with E-state index in [-0.39, 0.29) is 19.2 Å². The zero-order valence-electron chi connectivity index (χ0n) is 18.3. The minimum atomic E-state index is -1.20. The molecule has 1 saturated heterocycles. The quantitative estimate of drug-likeness (QED) is 0.274. The van der Waals surface area contributed by atoms with Crippen molar-refractivity contribution in [1.29, 1.82) is 0 Å². The molecule has 10 heteroatoms. The first kappa shape index (κ1) is 22.1. The number of benzene rings is 2. The van der Waals surface area contributed by atoms with Gasteiger partial charge in [0, 0.05) is 17.2 Å². The van der Waals surface area contributed by atoms with E-state index < -0.39 is 29.6 Å². The highest BCUT2D eigenvalue weighted by Gasteiger charge is 2.62. The zero-order chi connectivity index (χ0) is 23.4. The van der Waals surface area contributed by atoms with Crippen molar-refractivity contribution in [1.82, 2.24) is 9.55 Å². The van der Waals surface area contributed by atoms with E-state index >= 15 is 0 Å². The Kier molecular flexibility index (Phi) is 6.29. The molecule has 0 unspecified atom stereocenters. The normalized spacial score (nSPS) is 24.6. The first-order chi connectivity index (χ1) is 16.7. The van der Waals surface area contributed by atoms with Gasteiger partial charge in [-0.05, 0) is 16.7 Å². The molecule has 0 amide bonds. The molecule has 3 aromatic rings. The maximum atomic E-state index is 11.8. The van der Waals surface area contributed by atoms with Gasteiger partial charge < -0.3 is 18.9 Å². The van der Waals surface area contributed by atoms with Gasteiger partial charge in [0.15, 0.2) is 11.8 Å². The predicted molar refractivity (Wildman–Crippen MR) is 121 cm³/mol. The lowest BCUT2D eigenvalue weighted by Crippen LogP contribution is -2.46. The Labute approximate surface area is 195 Å². The molecule has 2 aliphatic heterocycles. The molecule has 0 radical (unpaired) electrons. The number of hydrogen-bond acceptors (Lipinski definition) is 7. The lowest BCUT2D eigenvalue weighted by atomic mass is 10.0. The molecule has 34 heavy (non-hydrogen) atoms. The van der Waals surface area contributed by atoms with Gasteiger partial charge in [-0.1, -0.05) is 65.8 Å². The van der Waals surface area contributed by atoms with Crippen LogP contribution in [0, 0.1) is 0 Å². The number of azide groups is 1. The van der Waals surface area contributed by atoms with Crippen LogP contribution in [0.25, 0.3) is 10.4 Å². The summed E-state index contributed by atoms with van der Waals surface area (Å²) in [6.45, 7) is 0.899. The van der Waals surface area contributed by atoms with Gasteiger partial charge in [-0.3, -0.25) is 9.36 Å². The largest absolute Gasteiger partial charge is 0.453 e. The van der Waals surface area contributed by atoms with Crippen molar-refractivity contribution < 1.29 is 18.9 Å². The molecule has 1 fully saturated rings. The van der Waals surface area contributed by atoms with Gasteiger partial charge >= 0.3 is 6.01 Å². The summed E-state index contributed by atoms with van der Waals surface area (Å²) < 4.78 is 26.4. The SMILES string of the molecule is [N-]=[N+]=NC[C@@]12O[C@H](COCc3ccccc3)[C@@H](OCc3ccccc3)[C@@H]1Oc1nc(=O)ccn12. The summed E-state index contributed by atoms with van der Waals surface area (Å²) >= 11 is 0. The zero-order valence-corrected chi connectivity index (χ0v) is 18.3. The van der Waals surface area contributed by atoms with E-state index in [1.165, 1.54) is 6.07 Å². The number of ether oxygens (including phenoxy) is 4. The van der Waals surface area contributed by atoms with Crippen LogP contribution in [0.3, 0.4) is 0 Å². The second-order valence-electron chi connectivity index (χ2n) is 8.11. The van der Waals surface area contributed by atoms with Crippen LogP contribution in [0.4, 0.5) is 0 Å². The maximum Gasteiger partial charge on any atom is 0.302 e. The van der Waals surface area contributed by atoms with E-state index in [1.54, 1.807) is 10.8 Å². The third-order valence-electron chi connectivity index (χ3n) is 5.92. The van der Waals surface area contributed by atoms with E-state index in [0.29, 0.717) is 13.2 Å². The maximum absolute atomic E-state index is 11.8. The molecular weight excluding hydrogens is 438 g/mol. The second-order valence-corrected chi connectivity index (χ2v) is 8.11. The molecular formula is C24H23N5O5. The van der Waals surface area contributed by atoms with Crippen molar-refractivity contribution in [3.05, 3.63) is 105 Å². The summed E-state index contributed by atoms with van der Waals surface area (Å²) in [5.41, 5.74) is 9.40. The molecule has 0 spiro atoms. The van der Waals surface area contributed by atoms with Gasteiger partial charge in [-0.25, -0.2) is 0 Å². The Bertz CT molecular complexity index is 1230. The third kappa shape index (κ3) is 4.27. The summed E-state index contributed by atoms with van der Waals surface area (Å²) in [7, 11) is 0. The molecule has 1 aromatic heterocycles. The van der Waals surface area contributed by atoms with Gasteiger partial charge in [0.1, 0.15) is 12.2 Å². The van der Waals surface area contributed by atoms with Crippen LogP contribution in [-0.2, 0) is 33.1 Å². The first-order valence-electron chi connectivity index (χ1n) is 10.9. The van der Waals surface area contributed by atoms with Crippen LogP contribution in [0.2, 0.25) is 0 Å². The van der Waals surface area contributed by atoms with Crippen molar-refractivity contribution in [2.45, 2.75) is 37.3 Å². The lowest BCUT2D eigenvalue weighted by molar-refractivity contribution is -0.126. The second kappa shape index (κ2) is 9.66. The summed E-state index contributed by atoms with van der Waals surface area (Å²) in [6.07, 6.45) is -0.235. The smallest absolute Gasteiger partial charge is 0.302 e. The molecule has 0 N–H and O–H groups in total. The lowest BCUT2D eigenvalue weighted by Gasteiger charge is -2.27. The molecule has 0 aliphatic carbocycles. The van der Waals surface area contributed by atoms with Crippen molar-refractivity contribution in [2.75, 3.05) is 13.2 Å².